The Kier molecular flexibility index (Phi) is 7.88. The molecule has 5 heteroatoms. The molecule has 0 saturated carbocycles. The van der Waals surface area contributed by atoms with Crippen LogP contribution in [0.15, 0.2) is 72.8 Å². The van der Waals surface area contributed by atoms with E-state index < -0.39 is 5.60 Å². The Morgan fingerprint density at radius 3 is 2.24 bits per heavy atom. The van der Waals surface area contributed by atoms with E-state index in [1.807, 2.05) is 51.1 Å². The number of carbonyl (C=O) groups is 1. The van der Waals surface area contributed by atoms with Crippen LogP contribution in [0.25, 0.3) is 11.1 Å². The van der Waals surface area contributed by atoms with Crippen molar-refractivity contribution in [3.05, 3.63) is 89.5 Å². The van der Waals surface area contributed by atoms with Gasteiger partial charge in [-0.25, -0.2) is 0 Å². The number of ether oxygens (including phenoxy) is 2. The lowest BCUT2D eigenvalue weighted by molar-refractivity contribution is -0.154. The Hall–Kier alpha value is -3.18. The predicted octanol–water partition coefficient (Wildman–Crippen LogP) is 6.34. The molecular weight excluding hydrogens is 430 g/mol. The van der Waals surface area contributed by atoms with Crippen molar-refractivity contribution in [2.75, 3.05) is 0 Å². The highest BCUT2D eigenvalue weighted by Crippen LogP contribution is 2.26. The number of carbonyl (C=O) groups excluding carboxylic acids is 1. The molecule has 3 rings (SSSR count). The normalized spacial score (nSPS) is 12.1. The Morgan fingerprint density at radius 1 is 0.970 bits per heavy atom. The molecule has 3 aromatic carbocycles. The van der Waals surface area contributed by atoms with Crippen LogP contribution in [0, 0.1) is 6.92 Å². The van der Waals surface area contributed by atoms with Gasteiger partial charge in [0.2, 0.25) is 0 Å². The predicted molar refractivity (Wildman–Crippen MR) is 137 cm³/mol. The van der Waals surface area contributed by atoms with Gasteiger partial charge in [-0.15, -0.1) is 0 Å². The molecule has 2 N–H and O–H groups in total. The van der Waals surface area contributed by atoms with Crippen molar-refractivity contribution >= 4 is 23.2 Å². The third kappa shape index (κ3) is 7.43. The van der Waals surface area contributed by atoms with Gasteiger partial charge < -0.3 is 15.2 Å². The molecule has 0 saturated heterocycles. The van der Waals surface area contributed by atoms with Gasteiger partial charge in [-0.2, -0.15) is 0 Å². The minimum Gasteiger partial charge on any atom is -0.489 e. The molecule has 3 aromatic rings. The van der Waals surface area contributed by atoms with Gasteiger partial charge in [-0.1, -0.05) is 72.4 Å². The summed E-state index contributed by atoms with van der Waals surface area (Å²) in [5.41, 5.74) is 10.9. The van der Waals surface area contributed by atoms with Crippen LogP contribution < -0.4 is 10.5 Å². The van der Waals surface area contributed by atoms with Crippen molar-refractivity contribution in [3.8, 4) is 16.9 Å². The van der Waals surface area contributed by atoms with E-state index >= 15 is 0 Å². The molecule has 1 unspecified atom stereocenters. The van der Waals surface area contributed by atoms with Crippen molar-refractivity contribution in [1.82, 2.24) is 0 Å². The third-order valence-corrected chi connectivity index (χ3v) is 5.42. The maximum atomic E-state index is 12.3. The first-order valence-corrected chi connectivity index (χ1v) is 11.4. The number of aryl methyl sites for hydroxylation is 1. The van der Waals surface area contributed by atoms with E-state index in [9.17, 15) is 4.79 Å². The quantitative estimate of drug-likeness (QED) is 0.313. The van der Waals surface area contributed by atoms with Gasteiger partial charge in [0.15, 0.2) is 0 Å². The van der Waals surface area contributed by atoms with E-state index in [1.165, 1.54) is 11.1 Å². The molecule has 0 radical (unpaired) electrons. The molecule has 0 bridgehead atoms. The highest BCUT2D eigenvalue weighted by Gasteiger charge is 2.23. The maximum absolute atomic E-state index is 12.3. The standard InChI is InChI=1S/C28H31NO3S/c1-19-8-10-21(11-9-19)23-7-5-6-20(16-23)18-31-24-14-12-22(13-15-24)25(27(29)33)17-26(30)32-28(2,3)4/h5-16,25H,17-18H2,1-4H3,(H2,29,33). The summed E-state index contributed by atoms with van der Waals surface area (Å²) in [6.07, 6.45) is 0.110. The molecule has 172 valence electrons. The molecule has 0 aromatic heterocycles. The zero-order valence-corrected chi connectivity index (χ0v) is 20.4. The van der Waals surface area contributed by atoms with Crippen molar-refractivity contribution < 1.29 is 14.3 Å². The lowest BCUT2D eigenvalue weighted by Gasteiger charge is -2.22. The van der Waals surface area contributed by atoms with Gasteiger partial charge in [0.1, 0.15) is 18.0 Å². The fourth-order valence-electron chi connectivity index (χ4n) is 3.48. The summed E-state index contributed by atoms with van der Waals surface area (Å²) in [5.74, 6) is 0.0302. The summed E-state index contributed by atoms with van der Waals surface area (Å²) >= 11 is 5.20. The molecule has 0 amide bonds. The van der Waals surface area contributed by atoms with Gasteiger partial charge in [-0.05, 0) is 68.1 Å². The number of esters is 1. The maximum Gasteiger partial charge on any atom is 0.307 e. The topological polar surface area (TPSA) is 61.5 Å². The van der Waals surface area contributed by atoms with Gasteiger partial charge in [0.05, 0.1) is 11.4 Å². The average molecular weight is 462 g/mol. The molecule has 0 aliphatic heterocycles. The van der Waals surface area contributed by atoms with Gasteiger partial charge in [0.25, 0.3) is 0 Å². The molecule has 33 heavy (non-hydrogen) atoms. The number of hydrogen-bond acceptors (Lipinski definition) is 4. The first-order chi connectivity index (χ1) is 15.6. The van der Waals surface area contributed by atoms with Crippen LogP contribution >= 0.6 is 12.2 Å². The minimum absolute atomic E-state index is 0.110. The molecular formula is C28H31NO3S. The fraction of sp³-hybridized carbons (Fsp3) is 0.286. The zero-order chi connectivity index (χ0) is 24.0. The lowest BCUT2D eigenvalue weighted by Crippen LogP contribution is -2.28. The van der Waals surface area contributed by atoms with Crippen molar-refractivity contribution in [1.29, 1.82) is 0 Å². The summed E-state index contributed by atoms with van der Waals surface area (Å²) in [6.45, 7) is 8.05. The third-order valence-electron chi connectivity index (χ3n) is 5.13. The number of thiocarbonyl (C=S) groups is 1. The van der Waals surface area contributed by atoms with Gasteiger partial charge in [-0.3, -0.25) is 4.79 Å². The van der Waals surface area contributed by atoms with Crippen LogP contribution in [0.1, 0.15) is 49.8 Å². The fourth-order valence-corrected chi connectivity index (χ4v) is 3.70. The highest BCUT2D eigenvalue weighted by molar-refractivity contribution is 7.80. The molecule has 1 atom stereocenters. The summed E-state index contributed by atoms with van der Waals surface area (Å²) in [6, 6.07) is 24.4. The lowest BCUT2D eigenvalue weighted by atomic mass is 9.95. The second kappa shape index (κ2) is 10.6. The van der Waals surface area contributed by atoms with Gasteiger partial charge >= 0.3 is 5.97 Å². The van der Waals surface area contributed by atoms with E-state index in [1.54, 1.807) is 0 Å². The molecule has 0 aliphatic carbocycles. The zero-order valence-electron chi connectivity index (χ0n) is 19.6. The first-order valence-electron chi connectivity index (χ1n) is 11.0. The number of hydrogen-bond donors (Lipinski definition) is 1. The monoisotopic (exact) mass is 461 g/mol. The average Bonchev–Trinajstić information content (AvgIpc) is 2.76. The van der Waals surface area contributed by atoms with Crippen molar-refractivity contribution in [2.45, 2.75) is 52.2 Å². The van der Waals surface area contributed by atoms with E-state index in [0.29, 0.717) is 6.61 Å². The van der Waals surface area contributed by atoms with Crippen LogP contribution in [0.5, 0.6) is 5.75 Å². The number of nitrogens with two attached hydrogens (primary N) is 1. The Morgan fingerprint density at radius 2 is 1.64 bits per heavy atom. The molecule has 0 fully saturated rings. The second-order valence-electron chi connectivity index (χ2n) is 9.17. The summed E-state index contributed by atoms with van der Waals surface area (Å²) in [7, 11) is 0. The van der Waals surface area contributed by atoms with Gasteiger partial charge in [0, 0.05) is 5.92 Å². The minimum atomic E-state index is -0.549. The van der Waals surface area contributed by atoms with Crippen molar-refractivity contribution in [3.63, 3.8) is 0 Å². The highest BCUT2D eigenvalue weighted by atomic mass is 32.1. The Bertz CT molecular complexity index is 1100. The molecule has 0 heterocycles. The van der Waals surface area contributed by atoms with Crippen LogP contribution in [0.2, 0.25) is 0 Å². The van der Waals surface area contributed by atoms with Crippen LogP contribution in [0.3, 0.4) is 0 Å². The summed E-state index contributed by atoms with van der Waals surface area (Å²) in [5, 5.41) is 0. The van der Waals surface area contributed by atoms with Crippen LogP contribution in [-0.4, -0.2) is 16.6 Å². The van der Waals surface area contributed by atoms with Crippen molar-refractivity contribution in [2.24, 2.45) is 5.73 Å². The summed E-state index contributed by atoms with van der Waals surface area (Å²) in [4.78, 5) is 12.5. The van der Waals surface area contributed by atoms with E-state index in [-0.39, 0.29) is 23.3 Å². The first kappa shape index (κ1) is 24.5. The van der Waals surface area contributed by atoms with E-state index in [0.717, 1.165) is 22.4 Å². The Balaban J connectivity index is 1.64. The largest absolute Gasteiger partial charge is 0.489 e. The SMILES string of the molecule is Cc1ccc(-c2cccc(COc3ccc(C(CC(=O)OC(C)(C)C)C(N)=S)cc3)c2)cc1. The summed E-state index contributed by atoms with van der Waals surface area (Å²) < 4.78 is 11.4. The van der Waals surface area contributed by atoms with E-state index in [4.69, 9.17) is 27.4 Å². The molecule has 4 nitrogen and oxygen atoms in total. The number of rotatable bonds is 8. The molecule has 0 aliphatic rings. The van der Waals surface area contributed by atoms with E-state index in [2.05, 4.69) is 49.4 Å². The van der Waals surface area contributed by atoms with Crippen LogP contribution in [0.4, 0.5) is 0 Å². The number of benzene rings is 3. The smallest absolute Gasteiger partial charge is 0.307 e. The van der Waals surface area contributed by atoms with Crippen LogP contribution in [-0.2, 0) is 16.1 Å². The molecule has 0 spiro atoms. The second-order valence-corrected chi connectivity index (χ2v) is 9.64. The Labute approximate surface area is 201 Å².